The van der Waals surface area contributed by atoms with Crippen LogP contribution >= 0.6 is 23.2 Å². The Balaban J connectivity index is 2.17. The second kappa shape index (κ2) is 6.07. The molecule has 0 amide bonds. The van der Waals surface area contributed by atoms with Crippen molar-refractivity contribution in [1.82, 2.24) is 4.57 Å². The van der Waals surface area contributed by atoms with E-state index >= 15 is 0 Å². The zero-order valence-corrected chi connectivity index (χ0v) is 11.8. The molecule has 0 spiro atoms. The minimum atomic E-state index is -0.685. The van der Waals surface area contributed by atoms with Crippen LogP contribution in [0.25, 0.3) is 0 Å². The highest BCUT2D eigenvalue weighted by atomic mass is 35.5. The molecule has 0 atom stereocenters. The zero-order valence-electron chi connectivity index (χ0n) is 10.3. The van der Waals surface area contributed by atoms with Crippen LogP contribution in [0.4, 0.5) is 5.69 Å². The van der Waals surface area contributed by atoms with Gasteiger partial charge in [0.25, 0.3) is 5.43 Å². The fraction of sp³-hybridized carbons (Fsp3) is 0.154. The number of hydrogen-bond acceptors (Lipinski definition) is 3. The van der Waals surface area contributed by atoms with E-state index in [1.165, 1.54) is 18.5 Å². The number of nitro groups is 1. The van der Waals surface area contributed by atoms with Crippen LogP contribution in [0.15, 0.2) is 41.5 Å². The Labute approximate surface area is 124 Å². The molecule has 7 heteroatoms. The van der Waals surface area contributed by atoms with Gasteiger partial charge in [-0.3, -0.25) is 14.9 Å². The number of aromatic nitrogens is 1. The van der Waals surface area contributed by atoms with Crippen LogP contribution in [0.5, 0.6) is 0 Å². The van der Waals surface area contributed by atoms with E-state index in [0.29, 0.717) is 23.0 Å². The Kier molecular flexibility index (Phi) is 4.42. The predicted molar refractivity (Wildman–Crippen MR) is 77.5 cm³/mol. The Hall–Kier alpha value is -1.85. The first-order valence-corrected chi connectivity index (χ1v) is 6.51. The molecular formula is C13H10Cl2N2O3. The summed E-state index contributed by atoms with van der Waals surface area (Å²) in [6.45, 7) is 0.484. The number of halogens is 2. The Morgan fingerprint density at radius 1 is 1.20 bits per heavy atom. The molecule has 1 heterocycles. The maximum Gasteiger partial charge on any atom is 0.332 e. The van der Waals surface area contributed by atoms with E-state index < -0.39 is 16.0 Å². The first-order valence-electron chi connectivity index (χ1n) is 5.75. The molecule has 2 rings (SSSR count). The molecular weight excluding hydrogens is 303 g/mol. The molecule has 1 aromatic carbocycles. The van der Waals surface area contributed by atoms with E-state index in [4.69, 9.17) is 23.2 Å². The van der Waals surface area contributed by atoms with Gasteiger partial charge < -0.3 is 4.57 Å². The van der Waals surface area contributed by atoms with Crippen molar-refractivity contribution in [1.29, 1.82) is 0 Å². The highest BCUT2D eigenvalue weighted by Crippen LogP contribution is 2.19. The largest absolute Gasteiger partial charge is 0.348 e. The summed E-state index contributed by atoms with van der Waals surface area (Å²) in [5, 5.41) is 11.8. The van der Waals surface area contributed by atoms with Gasteiger partial charge in [-0.2, -0.15) is 0 Å². The molecule has 0 radical (unpaired) electrons. The molecule has 104 valence electrons. The number of aryl methyl sites for hydroxylation is 2. The van der Waals surface area contributed by atoms with Crippen LogP contribution in [-0.4, -0.2) is 9.49 Å². The summed E-state index contributed by atoms with van der Waals surface area (Å²) >= 11 is 11.8. The van der Waals surface area contributed by atoms with E-state index in [0.717, 1.165) is 5.56 Å². The van der Waals surface area contributed by atoms with Gasteiger partial charge in [-0.05, 0) is 30.2 Å². The minimum Gasteiger partial charge on any atom is -0.348 e. The van der Waals surface area contributed by atoms with Gasteiger partial charge in [0.2, 0.25) is 0 Å². The summed E-state index contributed by atoms with van der Waals surface area (Å²) in [4.78, 5) is 21.3. The lowest BCUT2D eigenvalue weighted by Gasteiger charge is -2.07. The number of nitrogens with zero attached hydrogens (tertiary/aromatic N) is 2. The van der Waals surface area contributed by atoms with Crippen LogP contribution < -0.4 is 5.43 Å². The highest BCUT2D eigenvalue weighted by molar-refractivity contribution is 6.34. The highest BCUT2D eigenvalue weighted by Gasteiger charge is 2.11. The van der Waals surface area contributed by atoms with Crippen molar-refractivity contribution in [3.05, 3.63) is 72.6 Å². The topological polar surface area (TPSA) is 65.1 Å². The average molecular weight is 313 g/mol. The summed E-state index contributed by atoms with van der Waals surface area (Å²) in [7, 11) is 0. The quantitative estimate of drug-likeness (QED) is 0.642. The Morgan fingerprint density at radius 2 is 1.85 bits per heavy atom. The van der Waals surface area contributed by atoms with E-state index in [-0.39, 0.29) is 0 Å². The van der Waals surface area contributed by atoms with E-state index in [1.54, 1.807) is 22.8 Å². The molecule has 0 fully saturated rings. The molecule has 0 aliphatic rings. The lowest BCUT2D eigenvalue weighted by Crippen LogP contribution is -2.11. The number of rotatable bonds is 4. The summed E-state index contributed by atoms with van der Waals surface area (Å²) < 4.78 is 1.59. The zero-order chi connectivity index (χ0) is 14.7. The van der Waals surface area contributed by atoms with Crippen molar-refractivity contribution in [3.63, 3.8) is 0 Å². The second-order valence-corrected chi connectivity index (χ2v) is 5.09. The van der Waals surface area contributed by atoms with Gasteiger partial charge in [0.05, 0.1) is 11.1 Å². The van der Waals surface area contributed by atoms with E-state index in [2.05, 4.69) is 0 Å². The maximum atomic E-state index is 11.3. The second-order valence-electron chi connectivity index (χ2n) is 4.22. The van der Waals surface area contributed by atoms with Crippen molar-refractivity contribution in [2.45, 2.75) is 13.0 Å². The standard InChI is InChI=1S/C13H10Cl2N2O3/c14-10-5-9(6-11(15)7-10)1-3-16-4-2-13(18)12(8-16)17(19)20/h2,4-8H,1,3H2. The predicted octanol–water partition coefficient (Wildman–Crippen LogP) is 3.31. The third-order valence-electron chi connectivity index (χ3n) is 2.74. The number of pyridine rings is 1. The third kappa shape index (κ3) is 3.59. The fourth-order valence-electron chi connectivity index (χ4n) is 1.80. The smallest absolute Gasteiger partial charge is 0.332 e. The van der Waals surface area contributed by atoms with Crippen molar-refractivity contribution < 1.29 is 4.92 Å². The van der Waals surface area contributed by atoms with Gasteiger partial charge in [-0.25, -0.2) is 0 Å². The molecule has 0 saturated heterocycles. The third-order valence-corrected chi connectivity index (χ3v) is 3.17. The molecule has 2 aromatic rings. The van der Waals surface area contributed by atoms with Gasteiger partial charge in [0, 0.05) is 28.9 Å². The lowest BCUT2D eigenvalue weighted by atomic mass is 10.1. The summed E-state index contributed by atoms with van der Waals surface area (Å²) in [5.74, 6) is 0. The molecule has 20 heavy (non-hydrogen) atoms. The van der Waals surface area contributed by atoms with Crippen molar-refractivity contribution in [2.75, 3.05) is 0 Å². The van der Waals surface area contributed by atoms with Crippen LogP contribution in [0.3, 0.4) is 0 Å². The van der Waals surface area contributed by atoms with Crippen molar-refractivity contribution >= 4 is 28.9 Å². The number of hydrogen-bond donors (Lipinski definition) is 0. The fourth-order valence-corrected chi connectivity index (χ4v) is 2.37. The molecule has 1 aromatic heterocycles. The normalized spacial score (nSPS) is 10.5. The first-order chi connectivity index (χ1) is 9.45. The minimum absolute atomic E-state index is 0.434. The van der Waals surface area contributed by atoms with Gasteiger partial charge in [-0.1, -0.05) is 23.2 Å². The summed E-state index contributed by atoms with van der Waals surface area (Å²) in [6.07, 6.45) is 3.34. The van der Waals surface area contributed by atoms with Gasteiger partial charge >= 0.3 is 5.69 Å². The number of benzene rings is 1. The molecule has 0 bridgehead atoms. The van der Waals surface area contributed by atoms with Crippen molar-refractivity contribution in [3.8, 4) is 0 Å². The van der Waals surface area contributed by atoms with Crippen molar-refractivity contribution in [2.24, 2.45) is 0 Å². The molecule has 0 aliphatic heterocycles. The van der Waals surface area contributed by atoms with Gasteiger partial charge in [0.15, 0.2) is 0 Å². The van der Waals surface area contributed by atoms with Crippen LogP contribution in [0.1, 0.15) is 5.56 Å². The van der Waals surface area contributed by atoms with Gasteiger partial charge in [-0.15, -0.1) is 0 Å². The van der Waals surface area contributed by atoms with Gasteiger partial charge in [0.1, 0.15) is 0 Å². The van der Waals surface area contributed by atoms with E-state index in [9.17, 15) is 14.9 Å². The summed E-state index contributed by atoms with van der Waals surface area (Å²) in [5.41, 5.74) is -0.113. The molecule has 0 aliphatic carbocycles. The van der Waals surface area contributed by atoms with Crippen LogP contribution in [0, 0.1) is 10.1 Å². The maximum absolute atomic E-state index is 11.3. The Morgan fingerprint density at radius 3 is 2.45 bits per heavy atom. The molecule has 0 N–H and O–H groups in total. The van der Waals surface area contributed by atoms with Crippen LogP contribution in [0.2, 0.25) is 10.0 Å². The van der Waals surface area contributed by atoms with Crippen LogP contribution in [-0.2, 0) is 13.0 Å². The molecule has 0 unspecified atom stereocenters. The monoisotopic (exact) mass is 312 g/mol. The lowest BCUT2D eigenvalue weighted by molar-refractivity contribution is -0.386. The summed E-state index contributed by atoms with van der Waals surface area (Å²) in [6, 6.07) is 6.38. The SMILES string of the molecule is O=c1ccn(CCc2cc(Cl)cc(Cl)c2)cc1[N+](=O)[O-]. The molecule has 5 nitrogen and oxygen atoms in total. The molecule has 0 saturated carbocycles. The first kappa shape index (κ1) is 14.6. The van der Waals surface area contributed by atoms with E-state index in [1.807, 2.05) is 0 Å². The average Bonchev–Trinajstić information content (AvgIpc) is 2.36. The Bertz CT molecular complexity index is 693.